The molecule has 0 saturated heterocycles. The van der Waals surface area contributed by atoms with Crippen molar-refractivity contribution in [2.24, 2.45) is 7.05 Å². The largest absolute Gasteiger partial charge is 0.380 e. The zero-order valence-corrected chi connectivity index (χ0v) is 12.4. The van der Waals surface area contributed by atoms with Gasteiger partial charge in [-0.3, -0.25) is 4.68 Å². The van der Waals surface area contributed by atoms with Gasteiger partial charge in [0.15, 0.2) is 0 Å². The minimum absolute atomic E-state index is 0.582. The molecule has 1 N–H and O–H groups in total. The second kappa shape index (κ2) is 5.22. The van der Waals surface area contributed by atoms with Gasteiger partial charge in [-0.15, -0.1) is 0 Å². The summed E-state index contributed by atoms with van der Waals surface area (Å²) >= 11 is 3.39. The van der Waals surface area contributed by atoms with Crippen LogP contribution in [0.3, 0.4) is 0 Å². The predicted molar refractivity (Wildman–Crippen MR) is 78.5 cm³/mol. The van der Waals surface area contributed by atoms with Gasteiger partial charge in [-0.1, -0.05) is 18.2 Å². The molecule has 0 spiro atoms. The number of aliphatic hydroxyl groups excluding tert-OH is 1. The second-order valence-corrected chi connectivity index (χ2v) is 5.28. The first-order chi connectivity index (χ1) is 9.66. The summed E-state index contributed by atoms with van der Waals surface area (Å²) in [5, 5.41) is 19.0. The van der Waals surface area contributed by atoms with Gasteiger partial charge < -0.3 is 5.11 Å². The molecule has 0 aliphatic carbocycles. The maximum Gasteiger partial charge on any atom is 0.140 e. The monoisotopic (exact) mass is 332 g/mol. The van der Waals surface area contributed by atoms with Gasteiger partial charge in [0.05, 0.1) is 27.7 Å². The normalized spacial score (nSPS) is 12.6. The van der Waals surface area contributed by atoms with Crippen molar-refractivity contribution in [1.82, 2.24) is 19.6 Å². The van der Waals surface area contributed by atoms with Gasteiger partial charge in [0.2, 0.25) is 0 Å². The molecule has 1 aromatic carbocycles. The standard InChI is InChI=1S/C14H13BrN4O/c1-18-13(11(15)9-16-18)14(20)12-7-8-19(17-12)10-5-3-2-4-6-10/h2-9,14,20H,1H3. The first kappa shape index (κ1) is 13.1. The lowest BCUT2D eigenvalue weighted by atomic mass is 10.2. The highest BCUT2D eigenvalue weighted by Crippen LogP contribution is 2.27. The Morgan fingerprint density at radius 1 is 1.20 bits per heavy atom. The van der Waals surface area contributed by atoms with E-state index in [4.69, 9.17) is 0 Å². The first-order valence-corrected chi connectivity index (χ1v) is 6.92. The average molecular weight is 333 g/mol. The number of aliphatic hydroxyl groups is 1. The Hall–Kier alpha value is -1.92. The van der Waals surface area contributed by atoms with Crippen molar-refractivity contribution in [2.75, 3.05) is 0 Å². The number of halogens is 1. The topological polar surface area (TPSA) is 55.9 Å². The summed E-state index contributed by atoms with van der Waals surface area (Å²) in [6.45, 7) is 0. The molecule has 3 aromatic rings. The average Bonchev–Trinajstić information content (AvgIpc) is 3.07. The van der Waals surface area contributed by atoms with E-state index in [1.807, 2.05) is 36.5 Å². The van der Waals surface area contributed by atoms with Crippen LogP contribution in [0.5, 0.6) is 0 Å². The Balaban J connectivity index is 1.95. The van der Waals surface area contributed by atoms with E-state index in [1.165, 1.54) is 0 Å². The van der Waals surface area contributed by atoms with Crippen LogP contribution >= 0.6 is 15.9 Å². The van der Waals surface area contributed by atoms with Crippen molar-refractivity contribution in [3.8, 4) is 5.69 Å². The number of benzene rings is 1. The SMILES string of the molecule is Cn1ncc(Br)c1C(O)c1ccn(-c2ccccc2)n1. The fourth-order valence-electron chi connectivity index (χ4n) is 2.08. The second-order valence-electron chi connectivity index (χ2n) is 4.42. The molecule has 0 aliphatic heterocycles. The zero-order valence-electron chi connectivity index (χ0n) is 10.8. The van der Waals surface area contributed by atoms with Crippen LogP contribution in [0, 0.1) is 0 Å². The number of aromatic nitrogens is 4. The molecule has 102 valence electrons. The van der Waals surface area contributed by atoms with E-state index in [9.17, 15) is 5.11 Å². The van der Waals surface area contributed by atoms with Crippen molar-refractivity contribution in [3.05, 3.63) is 64.7 Å². The van der Waals surface area contributed by atoms with Crippen molar-refractivity contribution >= 4 is 15.9 Å². The Morgan fingerprint density at radius 3 is 2.60 bits per heavy atom. The number of hydrogen-bond donors (Lipinski definition) is 1. The molecular formula is C14H13BrN4O. The maximum atomic E-state index is 10.4. The molecule has 1 atom stereocenters. The summed E-state index contributed by atoms with van der Waals surface area (Å²) in [5.74, 6) is 0. The Labute approximate surface area is 124 Å². The van der Waals surface area contributed by atoms with E-state index in [0.717, 1.165) is 10.2 Å². The van der Waals surface area contributed by atoms with Crippen LogP contribution in [-0.4, -0.2) is 24.7 Å². The number of hydrogen-bond acceptors (Lipinski definition) is 3. The Bertz CT molecular complexity index is 700. The third-order valence-electron chi connectivity index (χ3n) is 3.11. The first-order valence-electron chi connectivity index (χ1n) is 6.13. The highest BCUT2D eigenvalue weighted by molar-refractivity contribution is 9.10. The highest BCUT2D eigenvalue weighted by atomic mass is 79.9. The molecule has 2 aromatic heterocycles. The van der Waals surface area contributed by atoms with E-state index < -0.39 is 6.10 Å². The highest BCUT2D eigenvalue weighted by Gasteiger charge is 2.20. The van der Waals surface area contributed by atoms with Gasteiger partial charge in [-0.05, 0) is 34.1 Å². The molecule has 6 heteroatoms. The van der Waals surface area contributed by atoms with Gasteiger partial charge in [0, 0.05) is 13.2 Å². The van der Waals surface area contributed by atoms with E-state index in [1.54, 1.807) is 28.7 Å². The molecule has 1 unspecified atom stereocenters. The number of para-hydroxylation sites is 1. The molecular weight excluding hydrogens is 320 g/mol. The molecule has 2 heterocycles. The van der Waals surface area contributed by atoms with Gasteiger partial charge in [0.1, 0.15) is 6.10 Å². The Kier molecular flexibility index (Phi) is 3.42. The summed E-state index contributed by atoms with van der Waals surface area (Å²) in [7, 11) is 1.79. The van der Waals surface area contributed by atoms with Crippen molar-refractivity contribution in [2.45, 2.75) is 6.10 Å². The summed E-state index contributed by atoms with van der Waals surface area (Å²) in [5.41, 5.74) is 2.22. The molecule has 3 rings (SSSR count). The molecule has 20 heavy (non-hydrogen) atoms. The van der Waals surface area contributed by atoms with E-state index in [0.29, 0.717) is 11.4 Å². The summed E-state index contributed by atoms with van der Waals surface area (Å²) < 4.78 is 4.14. The van der Waals surface area contributed by atoms with Crippen LogP contribution in [0.4, 0.5) is 0 Å². The minimum Gasteiger partial charge on any atom is -0.380 e. The number of aryl methyl sites for hydroxylation is 1. The lowest BCUT2D eigenvalue weighted by Crippen LogP contribution is -2.08. The molecule has 0 amide bonds. The van der Waals surface area contributed by atoms with Crippen LogP contribution in [-0.2, 0) is 7.05 Å². The number of nitrogens with zero attached hydrogens (tertiary/aromatic N) is 4. The minimum atomic E-state index is -0.818. The molecule has 0 bridgehead atoms. The van der Waals surface area contributed by atoms with E-state index in [-0.39, 0.29) is 0 Å². The summed E-state index contributed by atoms with van der Waals surface area (Å²) in [4.78, 5) is 0. The quantitative estimate of drug-likeness (QED) is 0.801. The zero-order chi connectivity index (χ0) is 14.1. The third kappa shape index (κ3) is 2.28. The third-order valence-corrected chi connectivity index (χ3v) is 3.72. The van der Waals surface area contributed by atoms with Crippen molar-refractivity contribution in [1.29, 1.82) is 0 Å². The van der Waals surface area contributed by atoms with Crippen molar-refractivity contribution < 1.29 is 5.11 Å². The van der Waals surface area contributed by atoms with Gasteiger partial charge in [0.25, 0.3) is 0 Å². The van der Waals surface area contributed by atoms with Crippen LogP contribution in [0.1, 0.15) is 17.5 Å². The number of rotatable bonds is 3. The predicted octanol–water partition coefficient (Wildman–Crippen LogP) is 2.45. The maximum absolute atomic E-state index is 10.4. The molecule has 0 radical (unpaired) electrons. The molecule has 5 nitrogen and oxygen atoms in total. The molecule has 0 saturated carbocycles. The van der Waals surface area contributed by atoms with Crippen LogP contribution in [0.15, 0.2) is 53.3 Å². The molecule has 0 fully saturated rings. The van der Waals surface area contributed by atoms with Gasteiger partial charge >= 0.3 is 0 Å². The fourth-order valence-corrected chi connectivity index (χ4v) is 2.64. The smallest absolute Gasteiger partial charge is 0.140 e. The van der Waals surface area contributed by atoms with Crippen LogP contribution in [0.25, 0.3) is 5.69 Å². The summed E-state index contributed by atoms with van der Waals surface area (Å²) in [6, 6.07) is 11.6. The molecule has 0 aliphatic rings. The van der Waals surface area contributed by atoms with E-state index >= 15 is 0 Å². The lowest BCUT2D eigenvalue weighted by Gasteiger charge is -2.09. The van der Waals surface area contributed by atoms with Crippen LogP contribution in [0.2, 0.25) is 0 Å². The van der Waals surface area contributed by atoms with Crippen molar-refractivity contribution in [3.63, 3.8) is 0 Å². The lowest BCUT2D eigenvalue weighted by molar-refractivity contribution is 0.203. The van der Waals surface area contributed by atoms with Crippen LogP contribution < -0.4 is 0 Å². The Morgan fingerprint density at radius 2 is 1.95 bits per heavy atom. The van der Waals surface area contributed by atoms with Gasteiger partial charge in [-0.2, -0.15) is 10.2 Å². The fraction of sp³-hybridized carbons (Fsp3) is 0.143. The van der Waals surface area contributed by atoms with E-state index in [2.05, 4.69) is 26.1 Å². The van der Waals surface area contributed by atoms with Gasteiger partial charge in [-0.25, -0.2) is 4.68 Å². The summed E-state index contributed by atoms with van der Waals surface area (Å²) in [6.07, 6.45) is 2.67.